The van der Waals surface area contributed by atoms with E-state index in [1.54, 1.807) is 68.1 Å². The van der Waals surface area contributed by atoms with Crippen LogP contribution in [0.5, 0.6) is 0 Å². The number of nitrogens with zero attached hydrogens (tertiary/aromatic N) is 2. The fourth-order valence-electron chi connectivity index (χ4n) is 6.62. The molecule has 1 aliphatic heterocycles. The zero-order valence-corrected chi connectivity index (χ0v) is 35.9. The third kappa shape index (κ3) is 11.6. The maximum absolute atomic E-state index is 14.8. The summed E-state index contributed by atoms with van der Waals surface area (Å²) in [4.78, 5) is 47.9. The van der Waals surface area contributed by atoms with Gasteiger partial charge in [0.05, 0.1) is 37.0 Å². The number of hydrogen-bond acceptors (Lipinski definition) is 8. The Morgan fingerprint density at radius 2 is 1.64 bits per heavy atom. The number of nitrogens with one attached hydrogen (secondary N) is 2. The molecule has 11 nitrogen and oxygen atoms in total. The van der Waals surface area contributed by atoms with E-state index < -0.39 is 61.6 Å². The largest absolute Gasteiger partial charge is 0.445 e. The van der Waals surface area contributed by atoms with Crippen molar-refractivity contribution in [2.45, 2.75) is 116 Å². The lowest BCUT2D eigenvalue weighted by molar-refractivity contribution is 0.000336. The molecule has 312 valence electrons. The second-order valence-corrected chi connectivity index (χ2v) is 22.0. The van der Waals surface area contributed by atoms with E-state index in [-0.39, 0.29) is 41.1 Å². The van der Waals surface area contributed by atoms with Crippen LogP contribution in [0.25, 0.3) is 11.5 Å². The number of rotatable bonds is 14. The van der Waals surface area contributed by atoms with E-state index >= 15 is 0 Å². The number of halogens is 2. The zero-order valence-electron chi connectivity index (χ0n) is 34.9. The monoisotopic (exact) mass is 818 g/mol. The van der Waals surface area contributed by atoms with Gasteiger partial charge in [0.2, 0.25) is 5.89 Å². The van der Waals surface area contributed by atoms with Crippen molar-refractivity contribution in [3.63, 3.8) is 0 Å². The van der Waals surface area contributed by atoms with Crippen molar-refractivity contribution in [3.8, 4) is 11.5 Å². The zero-order chi connectivity index (χ0) is 42.4. The minimum absolute atomic E-state index is 0.0596. The Kier molecular flexibility index (Phi) is 14.0. The molecule has 14 heteroatoms. The molecule has 4 atom stereocenters. The quantitative estimate of drug-likeness (QED) is 0.120. The van der Waals surface area contributed by atoms with Crippen molar-refractivity contribution in [1.29, 1.82) is 0 Å². The molecule has 2 N–H and O–H groups in total. The van der Waals surface area contributed by atoms with Gasteiger partial charge < -0.3 is 29.0 Å². The number of anilines is 1. The lowest BCUT2D eigenvalue weighted by atomic mass is 9.94. The first kappa shape index (κ1) is 44.2. The average Bonchev–Trinajstić information content (AvgIpc) is 3.83. The molecule has 0 radical (unpaired) electrons. The third-order valence-electron chi connectivity index (χ3n) is 10.4. The summed E-state index contributed by atoms with van der Waals surface area (Å²) in [5.41, 5.74) is 0.734. The molecular formula is C44H56F2N4O7Si. The molecule has 2 unspecified atom stereocenters. The SMILES string of the molecule is CCCOC1CC([C@@H](O[Si](C)(C)C(C)(C)C)[C@H](Cc2cc(F)cc(F)c2)NC(=O)c2cc(NC(=O)c3ccccc3)cc(-c3ncco3)c2)N(C(=O)OC(C)(C)C)C1. The molecule has 3 aromatic carbocycles. The van der Waals surface area contributed by atoms with Crippen LogP contribution >= 0.6 is 0 Å². The van der Waals surface area contributed by atoms with Gasteiger partial charge in [-0.3, -0.25) is 14.5 Å². The van der Waals surface area contributed by atoms with Crippen LogP contribution in [0.4, 0.5) is 19.3 Å². The number of aromatic nitrogens is 1. The van der Waals surface area contributed by atoms with Gasteiger partial charge in [0.1, 0.15) is 23.5 Å². The maximum atomic E-state index is 14.8. The number of oxazole rings is 1. The number of amides is 3. The maximum Gasteiger partial charge on any atom is 0.410 e. The highest BCUT2D eigenvalue weighted by molar-refractivity contribution is 6.74. The molecule has 1 aliphatic rings. The molecule has 0 spiro atoms. The van der Waals surface area contributed by atoms with Gasteiger partial charge in [-0.1, -0.05) is 45.9 Å². The van der Waals surface area contributed by atoms with Crippen molar-refractivity contribution in [3.05, 3.63) is 108 Å². The van der Waals surface area contributed by atoms with E-state index in [1.165, 1.54) is 30.7 Å². The van der Waals surface area contributed by atoms with E-state index in [9.17, 15) is 23.2 Å². The van der Waals surface area contributed by atoms with Crippen LogP contribution in [0.15, 0.2) is 83.6 Å². The summed E-state index contributed by atoms with van der Waals surface area (Å²) in [6.07, 6.45) is 2.11. The van der Waals surface area contributed by atoms with Gasteiger partial charge in [0, 0.05) is 35.1 Å². The van der Waals surface area contributed by atoms with Gasteiger partial charge in [0.15, 0.2) is 8.32 Å². The molecule has 3 amide bonds. The molecule has 2 heterocycles. The molecule has 4 aromatic rings. The van der Waals surface area contributed by atoms with Crippen LogP contribution in [-0.4, -0.2) is 79.2 Å². The Labute approximate surface area is 341 Å². The standard InChI is InChI=1S/C44H56F2N4O7Si/c1-10-17-54-35-26-37(50(27-35)42(53)56-43(2,3)4)38(57-58(8,9)44(5,6)7)36(21-28-19-32(45)25-33(46)20-28)49-40(52)30-22-31(41-47-16-18-55-41)24-34(23-30)48-39(51)29-14-12-11-13-15-29/h11-16,18-20,22-25,35-38H,10,17,21,26-27H2,1-9H3,(H,48,51)(H,49,52)/t35?,36-,37?,38-/m0/s1. The minimum Gasteiger partial charge on any atom is -0.445 e. The van der Waals surface area contributed by atoms with Crippen LogP contribution in [0.2, 0.25) is 18.1 Å². The summed E-state index contributed by atoms with van der Waals surface area (Å²) in [7, 11) is -2.72. The lowest BCUT2D eigenvalue weighted by Gasteiger charge is -2.45. The summed E-state index contributed by atoms with van der Waals surface area (Å²) in [6, 6.07) is 15.0. The van der Waals surface area contributed by atoms with Gasteiger partial charge in [-0.25, -0.2) is 18.6 Å². The Morgan fingerprint density at radius 1 is 0.948 bits per heavy atom. The highest BCUT2D eigenvalue weighted by atomic mass is 28.4. The summed E-state index contributed by atoms with van der Waals surface area (Å²) in [5, 5.41) is 5.71. The van der Waals surface area contributed by atoms with Crippen molar-refractivity contribution in [2.75, 3.05) is 18.5 Å². The number of benzene rings is 3. The number of ether oxygens (including phenoxy) is 2. The van der Waals surface area contributed by atoms with Crippen LogP contribution in [-0.2, 0) is 20.3 Å². The first-order valence-corrected chi connectivity index (χ1v) is 22.6. The Hall–Kier alpha value is -4.92. The highest BCUT2D eigenvalue weighted by Gasteiger charge is 2.49. The molecule has 1 saturated heterocycles. The van der Waals surface area contributed by atoms with Crippen molar-refractivity contribution < 1.29 is 41.5 Å². The second kappa shape index (κ2) is 18.3. The highest BCUT2D eigenvalue weighted by Crippen LogP contribution is 2.40. The van der Waals surface area contributed by atoms with Gasteiger partial charge in [-0.05, 0) is 106 Å². The molecule has 5 rings (SSSR count). The van der Waals surface area contributed by atoms with E-state index in [1.807, 2.05) is 6.92 Å². The van der Waals surface area contributed by atoms with Crippen LogP contribution < -0.4 is 10.6 Å². The number of carbonyl (C=O) groups excluding carboxylic acids is 3. The Balaban J connectivity index is 1.62. The predicted octanol–water partition coefficient (Wildman–Crippen LogP) is 9.41. The Morgan fingerprint density at radius 3 is 2.24 bits per heavy atom. The smallest absolute Gasteiger partial charge is 0.410 e. The fourth-order valence-corrected chi connectivity index (χ4v) is 7.97. The Bertz CT molecular complexity index is 2010. The molecule has 58 heavy (non-hydrogen) atoms. The second-order valence-electron chi connectivity index (χ2n) is 17.3. The molecular weight excluding hydrogens is 763 g/mol. The van der Waals surface area contributed by atoms with Crippen LogP contribution in [0, 0.1) is 11.6 Å². The lowest BCUT2D eigenvalue weighted by Crippen LogP contribution is -2.60. The molecule has 0 aliphatic carbocycles. The summed E-state index contributed by atoms with van der Waals surface area (Å²) in [6.45, 7) is 18.4. The summed E-state index contributed by atoms with van der Waals surface area (Å²) in [5.74, 6) is -2.30. The van der Waals surface area contributed by atoms with E-state index in [0.717, 1.165) is 12.5 Å². The van der Waals surface area contributed by atoms with Gasteiger partial charge in [0.25, 0.3) is 11.8 Å². The van der Waals surface area contributed by atoms with Crippen molar-refractivity contribution in [1.82, 2.24) is 15.2 Å². The topological polar surface area (TPSA) is 132 Å². The number of carbonyl (C=O) groups is 3. The van der Waals surface area contributed by atoms with Crippen LogP contribution in [0.3, 0.4) is 0 Å². The average molecular weight is 819 g/mol. The number of likely N-dealkylation sites (tertiary alicyclic amines) is 1. The van der Waals surface area contributed by atoms with E-state index in [2.05, 4.69) is 49.5 Å². The van der Waals surface area contributed by atoms with Gasteiger partial charge >= 0.3 is 6.09 Å². The molecule has 0 bridgehead atoms. The molecule has 1 aromatic heterocycles. The molecule has 0 saturated carbocycles. The first-order valence-electron chi connectivity index (χ1n) is 19.7. The van der Waals surface area contributed by atoms with Gasteiger partial charge in [-0.15, -0.1) is 0 Å². The van der Waals surface area contributed by atoms with E-state index in [4.69, 9.17) is 18.3 Å². The van der Waals surface area contributed by atoms with Crippen LogP contribution in [0.1, 0.15) is 87.6 Å². The third-order valence-corrected chi connectivity index (χ3v) is 14.8. The summed E-state index contributed by atoms with van der Waals surface area (Å²) < 4.78 is 54.5. The fraction of sp³-hybridized carbons (Fsp3) is 0.455. The number of hydrogen-bond donors (Lipinski definition) is 2. The first-order chi connectivity index (χ1) is 27.2. The van der Waals surface area contributed by atoms with Crippen molar-refractivity contribution in [2.24, 2.45) is 0 Å². The van der Waals surface area contributed by atoms with Crippen molar-refractivity contribution >= 4 is 31.9 Å². The van der Waals surface area contributed by atoms with Gasteiger partial charge in [-0.2, -0.15) is 0 Å². The minimum atomic E-state index is -2.72. The summed E-state index contributed by atoms with van der Waals surface area (Å²) >= 11 is 0. The molecule has 1 fully saturated rings. The normalized spacial score (nSPS) is 17.1. The van der Waals surface area contributed by atoms with E-state index in [0.29, 0.717) is 29.8 Å². The predicted molar refractivity (Wildman–Crippen MR) is 221 cm³/mol.